The van der Waals surface area contributed by atoms with Gasteiger partial charge < -0.3 is 0 Å². The molecule has 0 aliphatic heterocycles. The largest absolute Gasteiger partial charge is 0.273 e. The van der Waals surface area contributed by atoms with Crippen molar-refractivity contribution in [1.82, 2.24) is 3.06 Å². The third kappa shape index (κ3) is 2.79. The van der Waals surface area contributed by atoms with Crippen molar-refractivity contribution in [3.05, 3.63) is 30.3 Å². The molecule has 0 heterocycles. The summed E-state index contributed by atoms with van der Waals surface area (Å²) in [4.78, 5) is 11.2. The molecule has 0 N–H and O–H groups in total. The molecule has 0 aromatic heterocycles. The fraction of sp³-hybridized carbons (Fsp3) is 0.125. The third-order valence-corrected chi connectivity index (χ3v) is 2.08. The van der Waals surface area contributed by atoms with Gasteiger partial charge in [-0.2, -0.15) is 0 Å². The maximum Gasteiger partial charge on any atom is 0.239 e. The van der Waals surface area contributed by atoms with Crippen molar-refractivity contribution in [2.24, 2.45) is 0 Å². The normalized spacial score (nSPS) is 10.2. The zero-order valence-electron chi connectivity index (χ0n) is 6.95. The van der Waals surface area contributed by atoms with Crippen LogP contribution >= 0.6 is 32.3 Å². The highest BCUT2D eigenvalue weighted by Gasteiger charge is 2.15. The molecule has 0 fully saturated rings. The molecule has 0 bridgehead atoms. The lowest BCUT2D eigenvalue weighted by Gasteiger charge is -2.23. The number of para-hydroxylation sites is 1. The first-order valence-corrected chi connectivity index (χ1v) is 5.02. The zero-order chi connectivity index (χ0) is 9.84. The fourth-order valence-corrected chi connectivity index (χ4v) is 1.76. The van der Waals surface area contributed by atoms with Crippen molar-refractivity contribution >= 4 is 43.9 Å². The summed E-state index contributed by atoms with van der Waals surface area (Å²) in [6, 6.07) is 9.33. The van der Waals surface area contributed by atoms with E-state index < -0.39 is 0 Å². The minimum absolute atomic E-state index is 0.0834. The number of benzene rings is 1. The van der Waals surface area contributed by atoms with E-state index in [0.29, 0.717) is 0 Å². The van der Waals surface area contributed by atoms with E-state index in [4.69, 9.17) is 0 Å². The maximum atomic E-state index is 11.2. The quantitative estimate of drug-likeness (QED) is 0.619. The molecule has 3 nitrogen and oxygen atoms in total. The van der Waals surface area contributed by atoms with Gasteiger partial charge in [0.1, 0.15) is 0 Å². The maximum absolute atomic E-state index is 11.2. The molecule has 1 rings (SSSR count). The number of hydrogen-bond donors (Lipinski definition) is 0. The van der Waals surface area contributed by atoms with Crippen LogP contribution in [0.15, 0.2) is 30.3 Å². The predicted molar refractivity (Wildman–Crippen MR) is 59.3 cm³/mol. The highest BCUT2D eigenvalue weighted by molar-refractivity contribution is 9.21. The van der Waals surface area contributed by atoms with E-state index in [9.17, 15) is 4.79 Å². The van der Waals surface area contributed by atoms with Gasteiger partial charge in [-0.05, 0) is 12.1 Å². The van der Waals surface area contributed by atoms with Gasteiger partial charge in [0.05, 0.1) is 5.69 Å². The average Bonchev–Trinajstić information content (AvgIpc) is 2.04. The highest BCUT2D eigenvalue weighted by atomic mass is 79.9. The summed E-state index contributed by atoms with van der Waals surface area (Å²) in [5.74, 6) is -0.0834. The zero-order valence-corrected chi connectivity index (χ0v) is 10.1. The van der Waals surface area contributed by atoms with Gasteiger partial charge in [-0.1, -0.05) is 21.3 Å². The van der Waals surface area contributed by atoms with Gasteiger partial charge in [0.25, 0.3) is 0 Å². The summed E-state index contributed by atoms with van der Waals surface area (Å²) in [6.45, 7) is 1.49. The Labute approximate surface area is 94.0 Å². The topological polar surface area (TPSA) is 23.6 Å². The van der Waals surface area contributed by atoms with Crippen molar-refractivity contribution in [2.45, 2.75) is 6.92 Å². The minimum Gasteiger partial charge on any atom is -0.273 e. The number of halogens is 2. The second-order valence-corrected chi connectivity index (χ2v) is 4.68. The lowest BCUT2D eigenvalue weighted by Crippen LogP contribution is -2.33. The van der Waals surface area contributed by atoms with Gasteiger partial charge in [0.15, 0.2) is 0 Å². The van der Waals surface area contributed by atoms with E-state index in [2.05, 4.69) is 32.3 Å². The molecule has 0 aliphatic rings. The summed E-state index contributed by atoms with van der Waals surface area (Å²) in [7, 11) is 0. The van der Waals surface area contributed by atoms with Gasteiger partial charge in [0.2, 0.25) is 5.91 Å². The number of rotatable bonds is 2. The van der Waals surface area contributed by atoms with E-state index in [1.165, 1.54) is 15.0 Å². The first kappa shape index (κ1) is 10.7. The molecule has 1 amide bonds. The second kappa shape index (κ2) is 4.74. The SMILES string of the molecule is CC(=O)N(c1ccccc1)N(Br)Br. The summed E-state index contributed by atoms with van der Waals surface area (Å²) < 4.78 is 1.39. The molecule has 0 spiro atoms. The Bertz CT molecular complexity index is 289. The standard InChI is InChI=1S/C8H8Br2N2O/c1-7(13)11(12(9)10)8-5-3-2-4-6-8/h2-6H,1H3. The Kier molecular flexibility index (Phi) is 3.90. The molecule has 13 heavy (non-hydrogen) atoms. The number of hydrogen-bond acceptors (Lipinski definition) is 2. The Hall–Kier alpha value is -0.390. The van der Waals surface area contributed by atoms with Gasteiger partial charge in [-0.15, -0.1) is 0 Å². The van der Waals surface area contributed by atoms with Gasteiger partial charge >= 0.3 is 0 Å². The number of carbonyl (C=O) groups is 1. The number of carbonyl (C=O) groups excluding carboxylic acids is 1. The van der Waals surface area contributed by atoms with Crippen molar-refractivity contribution in [1.29, 1.82) is 0 Å². The number of amides is 1. The van der Waals surface area contributed by atoms with E-state index in [0.717, 1.165) is 5.69 Å². The van der Waals surface area contributed by atoms with Crippen molar-refractivity contribution in [3.63, 3.8) is 0 Å². The summed E-state index contributed by atoms with van der Waals surface area (Å²) in [5, 5.41) is 1.44. The first-order valence-electron chi connectivity index (χ1n) is 3.60. The van der Waals surface area contributed by atoms with Crippen LogP contribution in [0.1, 0.15) is 6.92 Å². The fourth-order valence-electron chi connectivity index (χ4n) is 0.945. The monoisotopic (exact) mass is 306 g/mol. The summed E-state index contributed by atoms with van der Waals surface area (Å²) >= 11 is 6.27. The predicted octanol–water partition coefficient (Wildman–Crippen LogP) is 2.88. The Morgan fingerprint density at radius 3 is 2.15 bits per heavy atom. The lowest BCUT2D eigenvalue weighted by atomic mass is 10.3. The minimum atomic E-state index is -0.0834. The number of hydrazine groups is 1. The van der Waals surface area contributed by atoms with E-state index in [-0.39, 0.29) is 5.91 Å². The van der Waals surface area contributed by atoms with Crippen LogP contribution in [0, 0.1) is 0 Å². The number of nitrogens with zero attached hydrogens (tertiary/aromatic N) is 2. The van der Waals surface area contributed by atoms with Crippen molar-refractivity contribution in [2.75, 3.05) is 5.01 Å². The molecular formula is C8H8Br2N2O. The molecule has 0 atom stereocenters. The van der Waals surface area contributed by atoms with Gasteiger partial charge in [0, 0.05) is 39.2 Å². The van der Waals surface area contributed by atoms with E-state index in [1.54, 1.807) is 0 Å². The van der Waals surface area contributed by atoms with Crippen LogP contribution in [-0.2, 0) is 4.79 Å². The Morgan fingerprint density at radius 2 is 1.77 bits per heavy atom. The van der Waals surface area contributed by atoms with Crippen LogP contribution in [0.25, 0.3) is 0 Å². The molecule has 5 heteroatoms. The molecule has 1 aromatic carbocycles. The third-order valence-electron chi connectivity index (χ3n) is 1.45. The van der Waals surface area contributed by atoms with E-state index >= 15 is 0 Å². The first-order chi connectivity index (χ1) is 6.13. The van der Waals surface area contributed by atoms with Crippen LogP contribution in [0.5, 0.6) is 0 Å². The lowest BCUT2D eigenvalue weighted by molar-refractivity contribution is -0.117. The van der Waals surface area contributed by atoms with Crippen LogP contribution in [0.4, 0.5) is 5.69 Å². The van der Waals surface area contributed by atoms with Crippen LogP contribution < -0.4 is 5.01 Å². The number of anilines is 1. The average molecular weight is 308 g/mol. The van der Waals surface area contributed by atoms with Gasteiger partial charge in [-0.3, -0.25) is 4.79 Å². The molecule has 0 saturated carbocycles. The molecule has 70 valence electrons. The van der Waals surface area contributed by atoms with Crippen LogP contribution in [0.2, 0.25) is 0 Å². The van der Waals surface area contributed by atoms with Crippen molar-refractivity contribution < 1.29 is 4.79 Å². The van der Waals surface area contributed by atoms with Gasteiger partial charge in [-0.25, -0.2) is 5.01 Å². The molecular weight excluding hydrogens is 300 g/mol. The highest BCUT2D eigenvalue weighted by Crippen LogP contribution is 2.21. The molecule has 0 saturated heterocycles. The van der Waals surface area contributed by atoms with Crippen LogP contribution in [0.3, 0.4) is 0 Å². The smallest absolute Gasteiger partial charge is 0.239 e. The molecule has 1 aromatic rings. The summed E-state index contributed by atoms with van der Waals surface area (Å²) in [6.07, 6.45) is 0. The summed E-state index contributed by atoms with van der Waals surface area (Å²) in [5.41, 5.74) is 0.795. The molecule has 0 aliphatic carbocycles. The second-order valence-electron chi connectivity index (χ2n) is 2.38. The van der Waals surface area contributed by atoms with E-state index in [1.807, 2.05) is 30.3 Å². The molecule has 0 radical (unpaired) electrons. The van der Waals surface area contributed by atoms with Crippen LogP contribution in [-0.4, -0.2) is 8.97 Å². The molecule has 0 unspecified atom stereocenters. The van der Waals surface area contributed by atoms with Crippen molar-refractivity contribution in [3.8, 4) is 0 Å². The Morgan fingerprint density at radius 1 is 1.23 bits per heavy atom. The Balaban J connectivity index is 2.96.